The maximum Gasteiger partial charge on any atom is 0.338 e. The Labute approximate surface area is 194 Å². The van der Waals surface area contributed by atoms with E-state index >= 15 is 0 Å². The number of likely N-dealkylation sites (N-methyl/N-ethyl adjacent to an activating group) is 1. The average molecular weight is 457 g/mol. The van der Waals surface area contributed by atoms with Crippen molar-refractivity contribution in [3.05, 3.63) is 74.9 Å². The van der Waals surface area contributed by atoms with Crippen molar-refractivity contribution in [2.45, 2.75) is 40.7 Å². The Bertz CT molecular complexity index is 1060. The van der Waals surface area contributed by atoms with E-state index < -0.39 is 12.0 Å². The van der Waals surface area contributed by atoms with Crippen LogP contribution in [0.5, 0.6) is 5.75 Å². The first-order valence-corrected chi connectivity index (χ1v) is 11.1. The fraction of sp³-hybridized carbons (Fsp3) is 0.360. The molecule has 3 rings (SSSR count). The van der Waals surface area contributed by atoms with Crippen LogP contribution < -0.4 is 10.1 Å². The van der Waals surface area contributed by atoms with E-state index in [0.29, 0.717) is 28.4 Å². The fourth-order valence-electron chi connectivity index (χ4n) is 3.88. The van der Waals surface area contributed by atoms with Crippen molar-refractivity contribution in [3.63, 3.8) is 0 Å². The number of ether oxygens (including phenoxy) is 2. The van der Waals surface area contributed by atoms with Gasteiger partial charge >= 0.3 is 12.0 Å². The first kappa shape index (κ1) is 23.7. The van der Waals surface area contributed by atoms with Crippen molar-refractivity contribution in [2.24, 2.45) is 0 Å². The van der Waals surface area contributed by atoms with Gasteiger partial charge in [0.25, 0.3) is 0 Å². The number of halogens is 1. The third-order valence-electron chi connectivity index (χ3n) is 5.59. The summed E-state index contributed by atoms with van der Waals surface area (Å²) in [6, 6.07) is 10.1. The van der Waals surface area contributed by atoms with Gasteiger partial charge in [0.1, 0.15) is 12.4 Å². The lowest BCUT2D eigenvalue weighted by molar-refractivity contribution is -0.139. The number of aryl methyl sites for hydroxylation is 2. The van der Waals surface area contributed by atoms with Gasteiger partial charge in [-0.3, -0.25) is 4.90 Å². The molecular weight excluding hydrogens is 428 g/mol. The van der Waals surface area contributed by atoms with Crippen molar-refractivity contribution in [2.75, 3.05) is 19.8 Å². The van der Waals surface area contributed by atoms with Gasteiger partial charge in [0.15, 0.2) is 0 Å². The minimum Gasteiger partial charge on any atom is -0.487 e. The SMILES string of the molecule is CCOC(=O)C1=C(COc2cc(C)cc(C)c2C)N(CC)C(=O)NC1c1ccccc1Cl. The maximum atomic E-state index is 13.1. The highest BCUT2D eigenvalue weighted by Crippen LogP contribution is 2.35. The summed E-state index contributed by atoms with van der Waals surface area (Å²) in [5.74, 6) is 0.209. The van der Waals surface area contributed by atoms with Crippen molar-refractivity contribution in [1.82, 2.24) is 10.2 Å². The number of carbonyl (C=O) groups is 2. The number of urea groups is 1. The van der Waals surface area contributed by atoms with Gasteiger partial charge in [-0.15, -0.1) is 0 Å². The van der Waals surface area contributed by atoms with Crippen LogP contribution in [0.25, 0.3) is 0 Å². The molecule has 6 nitrogen and oxygen atoms in total. The summed E-state index contributed by atoms with van der Waals surface area (Å²) in [5, 5.41) is 3.36. The molecule has 2 aromatic carbocycles. The quantitative estimate of drug-likeness (QED) is 0.578. The van der Waals surface area contributed by atoms with E-state index in [-0.39, 0.29) is 19.2 Å². The zero-order valence-corrected chi connectivity index (χ0v) is 19.9. The van der Waals surface area contributed by atoms with Gasteiger partial charge in [-0.25, -0.2) is 9.59 Å². The summed E-state index contributed by atoms with van der Waals surface area (Å²) >= 11 is 6.43. The summed E-state index contributed by atoms with van der Waals surface area (Å²) in [6.45, 7) is 10.2. The van der Waals surface area contributed by atoms with E-state index in [1.807, 2.05) is 39.8 Å². The van der Waals surface area contributed by atoms with Gasteiger partial charge in [-0.05, 0) is 69.0 Å². The molecule has 1 atom stereocenters. The second-order valence-corrected chi connectivity index (χ2v) is 8.13. The van der Waals surface area contributed by atoms with E-state index in [9.17, 15) is 9.59 Å². The molecule has 0 radical (unpaired) electrons. The lowest BCUT2D eigenvalue weighted by atomic mass is 9.94. The topological polar surface area (TPSA) is 67.9 Å². The molecule has 0 spiro atoms. The molecule has 1 heterocycles. The number of benzene rings is 2. The van der Waals surface area contributed by atoms with Gasteiger partial charge in [-0.2, -0.15) is 0 Å². The molecule has 0 aromatic heterocycles. The first-order valence-electron chi connectivity index (χ1n) is 10.7. The van der Waals surface area contributed by atoms with Crippen molar-refractivity contribution in [1.29, 1.82) is 0 Å². The number of esters is 1. The molecule has 1 aliphatic heterocycles. The molecule has 170 valence electrons. The predicted molar refractivity (Wildman–Crippen MR) is 125 cm³/mol. The highest BCUT2D eigenvalue weighted by atomic mass is 35.5. The molecule has 7 heteroatoms. The zero-order valence-electron chi connectivity index (χ0n) is 19.1. The third-order valence-corrected chi connectivity index (χ3v) is 5.94. The summed E-state index contributed by atoms with van der Waals surface area (Å²) in [4.78, 5) is 27.6. The van der Waals surface area contributed by atoms with Crippen LogP contribution >= 0.6 is 11.6 Å². The van der Waals surface area contributed by atoms with E-state index in [1.54, 1.807) is 25.1 Å². The number of hydrogen-bond acceptors (Lipinski definition) is 4. The number of nitrogens with zero attached hydrogens (tertiary/aromatic N) is 1. The van der Waals surface area contributed by atoms with Crippen molar-refractivity contribution in [3.8, 4) is 5.75 Å². The Hall–Kier alpha value is -2.99. The molecule has 2 amide bonds. The largest absolute Gasteiger partial charge is 0.487 e. The van der Waals surface area contributed by atoms with E-state index in [2.05, 4.69) is 11.4 Å². The van der Waals surface area contributed by atoms with Crippen molar-refractivity contribution >= 4 is 23.6 Å². The minimum absolute atomic E-state index is 0.0418. The van der Waals surface area contributed by atoms with Crippen LogP contribution in [0.1, 0.15) is 42.1 Å². The van der Waals surface area contributed by atoms with Crippen LogP contribution in [-0.2, 0) is 9.53 Å². The Balaban J connectivity index is 2.12. The fourth-order valence-corrected chi connectivity index (χ4v) is 4.13. The molecule has 1 unspecified atom stereocenters. The second-order valence-electron chi connectivity index (χ2n) is 7.72. The molecule has 32 heavy (non-hydrogen) atoms. The summed E-state index contributed by atoms with van der Waals surface area (Å²) in [5.41, 5.74) is 4.62. The molecule has 0 bridgehead atoms. The third kappa shape index (κ3) is 4.75. The summed E-state index contributed by atoms with van der Waals surface area (Å²) in [7, 11) is 0. The lowest BCUT2D eigenvalue weighted by Gasteiger charge is -2.36. The summed E-state index contributed by atoms with van der Waals surface area (Å²) < 4.78 is 11.5. The first-order chi connectivity index (χ1) is 15.3. The van der Waals surface area contributed by atoms with Crippen molar-refractivity contribution < 1.29 is 19.1 Å². The molecule has 1 N–H and O–H groups in total. The highest BCUT2D eigenvalue weighted by Gasteiger charge is 2.38. The molecule has 0 saturated heterocycles. The van der Waals surface area contributed by atoms with E-state index in [1.165, 1.54) is 4.90 Å². The summed E-state index contributed by atoms with van der Waals surface area (Å²) in [6.07, 6.45) is 0. The molecule has 0 fully saturated rings. The monoisotopic (exact) mass is 456 g/mol. The van der Waals surface area contributed by atoms with Gasteiger partial charge < -0.3 is 14.8 Å². The van der Waals surface area contributed by atoms with Crippen LogP contribution in [0.4, 0.5) is 4.79 Å². The Morgan fingerprint density at radius 3 is 2.53 bits per heavy atom. The van der Waals surface area contributed by atoms with Gasteiger partial charge in [-0.1, -0.05) is 35.9 Å². The normalized spacial score (nSPS) is 16.1. The van der Waals surface area contributed by atoms with Crippen LogP contribution in [-0.4, -0.2) is 36.7 Å². The van der Waals surface area contributed by atoms with Crippen LogP contribution in [0, 0.1) is 20.8 Å². The zero-order chi connectivity index (χ0) is 23.4. The van der Waals surface area contributed by atoms with Crippen LogP contribution in [0.3, 0.4) is 0 Å². The Kier molecular flexibility index (Phi) is 7.46. The minimum atomic E-state index is -0.739. The Morgan fingerprint density at radius 2 is 1.88 bits per heavy atom. The van der Waals surface area contributed by atoms with Gasteiger partial charge in [0, 0.05) is 11.6 Å². The smallest absolute Gasteiger partial charge is 0.338 e. The molecule has 2 aromatic rings. The van der Waals surface area contributed by atoms with Gasteiger partial charge in [0.2, 0.25) is 0 Å². The molecule has 0 aliphatic carbocycles. The maximum absolute atomic E-state index is 13.1. The number of hydrogen-bond donors (Lipinski definition) is 1. The predicted octanol–water partition coefficient (Wildman–Crippen LogP) is 5.25. The number of rotatable bonds is 7. The second kappa shape index (κ2) is 10.1. The van der Waals surface area contributed by atoms with Gasteiger partial charge in [0.05, 0.1) is 23.9 Å². The van der Waals surface area contributed by atoms with Crippen LogP contribution in [0.15, 0.2) is 47.7 Å². The number of carbonyl (C=O) groups excluding carboxylic acids is 2. The highest BCUT2D eigenvalue weighted by molar-refractivity contribution is 6.31. The lowest BCUT2D eigenvalue weighted by Crippen LogP contribution is -2.49. The van der Waals surface area contributed by atoms with E-state index in [0.717, 1.165) is 22.4 Å². The van der Waals surface area contributed by atoms with E-state index in [4.69, 9.17) is 21.1 Å². The molecule has 0 saturated carbocycles. The molecular formula is C25H29ClN2O4. The number of nitrogens with one attached hydrogen (secondary N) is 1. The van der Waals surface area contributed by atoms with Crippen LogP contribution in [0.2, 0.25) is 5.02 Å². The Morgan fingerprint density at radius 1 is 1.16 bits per heavy atom. The standard InChI is InChI=1S/C25H29ClN2O4/c1-6-28-20(14-32-21-13-15(3)12-16(4)17(21)5)22(24(29)31-7-2)23(27-25(28)30)18-10-8-9-11-19(18)26/h8-13,23H,6-7,14H2,1-5H3,(H,27,30). The average Bonchev–Trinajstić information content (AvgIpc) is 2.75. The molecule has 1 aliphatic rings. The number of amides is 2.